The van der Waals surface area contributed by atoms with Crippen molar-refractivity contribution in [1.82, 2.24) is 4.98 Å². The summed E-state index contributed by atoms with van der Waals surface area (Å²) >= 11 is 1.44. The highest BCUT2D eigenvalue weighted by molar-refractivity contribution is 7.14. The Morgan fingerprint density at radius 2 is 1.93 bits per heavy atom. The van der Waals surface area contributed by atoms with Crippen LogP contribution in [-0.4, -0.2) is 18.0 Å². The first-order valence-electron chi connectivity index (χ1n) is 8.95. The van der Waals surface area contributed by atoms with E-state index in [0.717, 1.165) is 28.1 Å². The number of rotatable bonds is 6. The fourth-order valence-electron chi connectivity index (χ4n) is 2.90. The average molecular weight is 381 g/mol. The number of amides is 1. The molecule has 0 spiro atoms. The highest BCUT2D eigenvalue weighted by atomic mass is 32.1. The van der Waals surface area contributed by atoms with Crippen molar-refractivity contribution in [2.75, 3.05) is 12.4 Å². The Kier molecular flexibility index (Phi) is 5.91. The van der Waals surface area contributed by atoms with Crippen LogP contribution in [0.4, 0.5) is 5.13 Å². The molecule has 1 N–H and O–H groups in total. The summed E-state index contributed by atoms with van der Waals surface area (Å²) < 4.78 is 5.26. The number of ether oxygens (including phenoxy) is 1. The fourth-order valence-corrected chi connectivity index (χ4v) is 3.64. The van der Waals surface area contributed by atoms with Crippen LogP contribution < -0.4 is 10.1 Å². The van der Waals surface area contributed by atoms with Gasteiger partial charge in [0.25, 0.3) is 0 Å². The summed E-state index contributed by atoms with van der Waals surface area (Å²) in [5.41, 5.74) is 5.21. The van der Waals surface area contributed by atoms with Gasteiger partial charge in [-0.1, -0.05) is 50.2 Å². The minimum Gasteiger partial charge on any atom is -0.496 e. The van der Waals surface area contributed by atoms with Crippen LogP contribution in [0.5, 0.6) is 5.75 Å². The predicted molar refractivity (Wildman–Crippen MR) is 112 cm³/mol. The number of hydrogen-bond acceptors (Lipinski definition) is 4. The third-order valence-corrected chi connectivity index (χ3v) is 5.21. The van der Waals surface area contributed by atoms with Crippen molar-refractivity contribution < 1.29 is 9.53 Å². The van der Waals surface area contributed by atoms with Gasteiger partial charge in [-0.15, -0.1) is 11.3 Å². The zero-order valence-electron chi connectivity index (χ0n) is 16.1. The number of thiazole rings is 1. The standard InChI is InChI=1S/C22H24N2O2S/c1-14(2)17-6-8-18(9-7-17)19-13-27-22(23-19)24-21(25)12-16-5-10-20(26-4)15(3)11-16/h5-11,13-14H,12H2,1-4H3,(H,23,24,25). The van der Waals surface area contributed by atoms with Crippen LogP contribution >= 0.6 is 11.3 Å². The Labute approximate surface area is 164 Å². The largest absolute Gasteiger partial charge is 0.496 e. The maximum absolute atomic E-state index is 12.3. The van der Waals surface area contributed by atoms with E-state index in [9.17, 15) is 4.79 Å². The summed E-state index contributed by atoms with van der Waals surface area (Å²) in [4.78, 5) is 16.9. The van der Waals surface area contributed by atoms with Crippen molar-refractivity contribution >= 4 is 22.4 Å². The molecule has 0 saturated heterocycles. The van der Waals surface area contributed by atoms with Gasteiger partial charge in [0.05, 0.1) is 19.2 Å². The Morgan fingerprint density at radius 3 is 2.56 bits per heavy atom. The van der Waals surface area contributed by atoms with E-state index in [0.29, 0.717) is 17.5 Å². The molecule has 0 bridgehead atoms. The minimum absolute atomic E-state index is 0.0735. The summed E-state index contributed by atoms with van der Waals surface area (Å²) in [6.07, 6.45) is 0.308. The second-order valence-corrected chi connectivity index (χ2v) is 7.70. The van der Waals surface area contributed by atoms with Gasteiger partial charge in [0.15, 0.2) is 5.13 Å². The first-order chi connectivity index (χ1) is 13.0. The summed E-state index contributed by atoms with van der Waals surface area (Å²) in [6, 6.07) is 14.2. The number of hydrogen-bond donors (Lipinski definition) is 1. The van der Waals surface area contributed by atoms with E-state index in [1.165, 1.54) is 16.9 Å². The van der Waals surface area contributed by atoms with Crippen LogP contribution in [0.3, 0.4) is 0 Å². The molecule has 5 heteroatoms. The van der Waals surface area contributed by atoms with Crippen LogP contribution in [0.1, 0.15) is 36.5 Å². The number of methoxy groups -OCH3 is 1. The number of aryl methyl sites for hydroxylation is 1. The third kappa shape index (κ3) is 4.74. The SMILES string of the molecule is COc1ccc(CC(=O)Nc2nc(-c3ccc(C(C)C)cc3)cs2)cc1C. The van der Waals surface area contributed by atoms with Gasteiger partial charge >= 0.3 is 0 Å². The van der Waals surface area contributed by atoms with Gasteiger partial charge in [-0.2, -0.15) is 0 Å². The third-order valence-electron chi connectivity index (χ3n) is 4.45. The normalized spacial score (nSPS) is 10.9. The molecule has 0 saturated carbocycles. The van der Waals surface area contributed by atoms with Crippen molar-refractivity contribution in [3.8, 4) is 17.0 Å². The highest BCUT2D eigenvalue weighted by Crippen LogP contribution is 2.27. The first-order valence-corrected chi connectivity index (χ1v) is 9.83. The molecule has 0 atom stereocenters. The Balaban J connectivity index is 1.64. The van der Waals surface area contributed by atoms with Gasteiger partial charge in [0.2, 0.25) is 5.91 Å². The molecule has 2 aromatic carbocycles. The monoisotopic (exact) mass is 380 g/mol. The van der Waals surface area contributed by atoms with Gasteiger partial charge in [0, 0.05) is 10.9 Å². The lowest BCUT2D eigenvalue weighted by Crippen LogP contribution is -2.14. The van der Waals surface area contributed by atoms with Crippen LogP contribution in [-0.2, 0) is 11.2 Å². The molecule has 1 heterocycles. The summed E-state index contributed by atoms with van der Waals surface area (Å²) in [5, 5.41) is 5.48. The fraction of sp³-hybridized carbons (Fsp3) is 0.273. The topological polar surface area (TPSA) is 51.2 Å². The van der Waals surface area contributed by atoms with Crippen molar-refractivity contribution in [3.63, 3.8) is 0 Å². The van der Waals surface area contributed by atoms with Crippen molar-refractivity contribution in [2.45, 2.75) is 33.1 Å². The second kappa shape index (κ2) is 8.35. The lowest BCUT2D eigenvalue weighted by atomic mass is 10.0. The van der Waals surface area contributed by atoms with Gasteiger partial charge in [0.1, 0.15) is 5.75 Å². The van der Waals surface area contributed by atoms with E-state index >= 15 is 0 Å². The van der Waals surface area contributed by atoms with E-state index in [1.807, 2.05) is 30.5 Å². The van der Waals surface area contributed by atoms with E-state index < -0.39 is 0 Å². The van der Waals surface area contributed by atoms with E-state index in [1.54, 1.807) is 7.11 Å². The van der Waals surface area contributed by atoms with Gasteiger partial charge in [-0.05, 0) is 35.6 Å². The van der Waals surface area contributed by atoms with Gasteiger partial charge < -0.3 is 10.1 Å². The van der Waals surface area contributed by atoms with Gasteiger partial charge in [-0.3, -0.25) is 4.79 Å². The molecule has 1 aromatic heterocycles. The van der Waals surface area contributed by atoms with E-state index in [-0.39, 0.29) is 5.91 Å². The Morgan fingerprint density at radius 1 is 1.19 bits per heavy atom. The molecule has 0 aliphatic rings. The number of anilines is 1. The summed E-state index contributed by atoms with van der Waals surface area (Å²) in [5.74, 6) is 1.26. The van der Waals surface area contributed by atoms with E-state index in [4.69, 9.17) is 4.74 Å². The molecule has 27 heavy (non-hydrogen) atoms. The lowest BCUT2D eigenvalue weighted by molar-refractivity contribution is -0.115. The smallest absolute Gasteiger partial charge is 0.230 e. The number of nitrogens with zero attached hydrogens (tertiary/aromatic N) is 1. The highest BCUT2D eigenvalue weighted by Gasteiger charge is 2.10. The van der Waals surface area contributed by atoms with Crippen molar-refractivity contribution in [1.29, 1.82) is 0 Å². The molecule has 0 fully saturated rings. The lowest BCUT2D eigenvalue weighted by Gasteiger charge is -2.07. The number of nitrogens with one attached hydrogen (secondary N) is 1. The van der Waals surface area contributed by atoms with Crippen LogP contribution in [0.2, 0.25) is 0 Å². The van der Waals surface area contributed by atoms with Crippen LogP contribution in [0, 0.1) is 6.92 Å². The molecule has 1 amide bonds. The quantitative estimate of drug-likeness (QED) is 0.620. The molecular weight excluding hydrogens is 356 g/mol. The molecular formula is C22H24N2O2S. The predicted octanol–water partition coefficient (Wildman–Crippen LogP) is 5.43. The number of aromatic nitrogens is 1. The second-order valence-electron chi connectivity index (χ2n) is 6.84. The van der Waals surface area contributed by atoms with Crippen LogP contribution in [0.25, 0.3) is 11.3 Å². The maximum atomic E-state index is 12.3. The maximum Gasteiger partial charge on any atom is 0.230 e. The Hall–Kier alpha value is -2.66. The summed E-state index contributed by atoms with van der Waals surface area (Å²) in [6.45, 7) is 6.32. The minimum atomic E-state index is -0.0735. The van der Waals surface area contributed by atoms with Gasteiger partial charge in [-0.25, -0.2) is 4.98 Å². The zero-order chi connectivity index (χ0) is 19.4. The molecule has 0 unspecified atom stereocenters. The first kappa shape index (κ1) is 19.1. The molecule has 0 radical (unpaired) electrons. The Bertz CT molecular complexity index is 930. The molecule has 4 nitrogen and oxygen atoms in total. The molecule has 3 aromatic rings. The number of benzene rings is 2. The number of carbonyl (C=O) groups is 1. The van der Waals surface area contributed by atoms with Crippen molar-refractivity contribution in [3.05, 3.63) is 64.5 Å². The average Bonchev–Trinajstić information content (AvgIpc) is 3.10. The molecule has 0 aliphatic carbocycles. The van der Waals surface area contributed by atoms with Crippen molar-refractivity contribution in [2.24, 2.45) is 0 Å². The zero-order valence-corrected chi connectivity index (χ0v) is 16.9. The molecule has 3 rings (SSSR count). The van der Waals surface area contributed by atoms with Crippen LogP contribution in [0.15, 0.2) is 47.8 Å². The molecule has 0 aliphatic heterocycles. The molecule has 140 valence electrons. The summed E-state index contributed by atoms with van der Waals surface area (Å²) in [7, 11) is 1.64. The number of carbonyl (C=O) groups excluding carboxylic acids is 1. The van der Waals surface area contributed by atoms with E-state index in [2.05, 4.69) is 48.4 Å².